The predicted molar refractivity (Wildman–Crippen MR) is 124 cm³/mol. The van der Waals surface area contributed by atoms with Gasteiger partial charge in [-0.1, -0.05) is 57.9 Å². The Kier molecular flexibility index (Phi) is 5.86. The van der Waals surface area contributed by atoms with Crippen LogP contribution in [0.4, 0.5) is 0 Å². The Hall–Kier alpha value is -0.560. The van der Waals surface area contributed by atoms with Gasteiger partial charge in [-0.15, -0.1) is 0 Å². The minimum Gasteiger partial charge on any atom is -0.393 e. The zero-order valence-corrected chi connectivity index (χ0v) is 20.0. The number of fused-ring (bicyclic) bond motifs is 5. The van der Waals surface area contributed by atoms with Crippen LogP contribution in [0, 0.1) is 46.3 Å². The van der Waals surface area contributed by atoms with Gasteiger partial charge < -0.3 is 5.11 Å². The first-order valence-corrected chi connectivity index (χ1v) is 12.7. The zero-order chi connectivity index (χ0) is 21.0. The van der Waals surface area contributed by atoms with Gasteiger partial charge >= 0.3 is 0 Å². The standard InChI is InChI=1S/C28H46O/c1-18(2)19(3)7-8-20(4)24-11-12-25-23-10-9-21-17-22(29)13-15-27(21,5)26(23)14-16-28(24,25)6/h7,10,18,20-22,24-26,29H,8-9,11-17H2,1-6H3/t20-,21+,22+,24-,25+,26+,27+,28-/m1/s1. The van der Waals surface area contributed by atoms with Crippen molar-refractivity contribution < 1.29 is 5.11 Å². The summed E-state index contributed by atoms with van der Waals surface area (Å²) in [7, 11) is 0. The van der Waals surface area contributed by atoms with Crippen LogP contribution in [-0.2, 0) is 0 Å². The average molecular weight is 399 g/mol. The van der Waals surface area contributed by atoms with Gasteiger partial charge in [0.15, 0.2) is 0 Å². The number of aliphatic hydroxyl groups is 1. The third-order valence-electron chi connectivity index (χ3n) is 10.5. The van der Waals surface area contributed by atoms with Crippen molar-refractivity contribution in [2.24, 2.45) is 46.3 Å². The van der Waals surface area contributed by atoms with E-state index in [2.05, 4.69) is 53.7 Å². The van der Waals surface area contributed by atoms with Crippen LogP contribution < -0.4 is 0 Å². The predicted octanol–water partition coefficient (Wildman–Crippen LogP) is 7.55. The van der Waals surface area contributed by atoms with Crippen LogP contribution in [0.2, 0.25) is 0 Å². The molecule has 1 heteroatoms. The molecule has 4 aliphatic rings. The van der Waals surface area contributed by atoms with E-state index in [-0.39, 0.29) is 6.10 Å². The second kappa shape index (κ2) is 7.85. The van der Waals surface area contributed by atoms with Crippen LogP contribution in [-0.4, -0.2) is 11.2 Å². The van der Waals surface area contributed by atoms with Gasteiger partial charge in [0.05, 0.1) is 6.10 Å². The smallest absolute Gasteiger partial charge is 0.0543 e. The average Bonchev–Trinajstić information content (AvgIpc) is 3.03. The van der Waals surface area contributed by atoms with Crippen molar-refractivity contribution >= 4 is 0 Å². The van der Waals surface area contributed by atoms with Crippen molar-refractivity contribution in [1.29, 1.82) is 0 Å². The SMILES string of the molecule is CC(=CC[C@@H](C)[C@H]1CC[C@H]2C3=CC[C@H]4C[C@@H](O)CC[C@]4(C)[C@H]3CC[C@]12C)C(C)C. The minimum absolute atomic E-state index is 0.0454. The molecular formula is C28H46O. The van der Waals surface area contributed by atoms with Crippen molar-refractivity contribution in [2.45, 2.75) is 105 Å². The van der Waals surface area contributed by atoms with Gasteiger partial charge in [-0.3, -0.25) is 0 Å². The Morgan fingerprint density at radius 2 is 1.76 bits per heavy atom. The summed E-state index contributed by atoms with van der Waals surface area (Å²) in [4.78, 5) is 0. The molecule has 0 aliphatic heterocycles. The highest BCUT2D eigenvalue weighted by Crippen LogP contribution is 2.66. The van der Waals surface area contributed by atoms with Crippen LogP contribution in [0.25, 0.3) is 0 Å². The summed E-state index contributed by atoms with van der Waals surface area (Å²) in [6, 6.07) is 0. The lowest BCUT2D eigenvalue weighted by Crippen LogP contribution is -2.49. The molecule has 0 amide bonds. The van der Waals surface area contributed by atoms with Crippen LogP contribution >= 0.6 is 0 Å². The monoisotopic (exact) mass is 398 g/mol. The number of aliphatic hydroxyl groups excluding tert-OH is 1. The lowest BCUT2D eigenvalue weighted by Gasteiger charge is -2.57. The molecule has 0 aromatic rings. The molecule has 1 N–H and O–H groups in total. The second-order valence-corrected chi connectivity index (χ2v) is 12.2. The van der Waals surface area contributed by atoms with Crippen LogP contribution in [0.3, 0.4) is 0 Å². The summed E-state index contributed by atoms with van der Waals surface area (Å²) in [6.45, 7) is 14.7. The van der Waals surface area contributed by atoms with Gasteiger partial charge in [0.25, 0.3) is 0 Å². The number of hydrogen-bond donors (Lipinski definition) is 1. The van der Waals surface area contributed by atoms with Crippen LogP contribution in [0.1, 0.15) is 99.3 Å². The molecule has 3 fully saturated rings. The molecular weight excluding hydrogens is 352 g/mol. The van der Waals surface area contributed by atoms with Gasteiger partial charge in [0.2, 0.25) is 0 Å². The molecule has 0 unspecified atom stereocenters. The molecule has 1 nitrogen and oxygen atoms in total. The first kappa shape index (κ1) is 21.7. The third-order valence-corrected chi connectivity index (χ3v) is 10.5. The minimum atomic E-state index is -0.0454. The molecule has 0 radical (unpaired) electrons. The van der Waals surface area contributed by atoms with Crippen molar-refractivity contribution in [3.05, 3.63) is 23.3 Å². The number of rotatable bonds is 4. The van der Waals surface area contributed by atoms with E-state index < -0.39 is 0 Å². The molecule has 0 spiro atoms. The number of hydrogen-bond acceptors (Lipinski definition) is 1. The van der Waals surface area contributed by atoms with E-state index in [1.807, 2.05) is 5.57 Å². The molecule has 29 heavy (non-hydrogen) atoms. The van der Waals surface area contributed by atoms with E-state index >= 15 is 0 Å². The summed E-state index contributed by atoms with van der Waals surface area (Å²) >= 11 is 0. The molecule has 0 aromatic carbocycles. The normalized spacial score (nSPS) is 46.0. The summed E-state index contributed by atoms with van der Waals surface area (Å²) in [6.07, 6.45) is 16.6. The molecule has 4 rings (SSSR count). The molecule has 3 saturated carbocycles. The Morgan fingerprint density at radius 1 is 1.07 bits per heavy atom. The van der Waals surface area contributed by atoms with Gasteiger partial charge in [0, 0.05) is 0 Å². The largest absolute Gasteiger partial charge is 0.393 e. The van der Waals surface area contributed by atoms with Crippen LogP contribution in [0.5, 0.6) is 0 Å². The fraction of sp³-hybridized carbons (Fsp3) is 0.857. The first-order valence-electron chi connectivity index (χ1n) is 12.7. The highest BCUT2D eigenvalue weighted by Gasteiger charge is 2.58. The quantitative estimate of drug-likeness (QED) is 0.484. The van der Waals surface area contributed by atoms with Crippen molar-refractivity contribution in [3.63, 3.8) is 0 Å². The van der Waals surface area contributed by atoms with E-state index in [0.29, 0.717) is 22.7 Å². The van der Waals surface area contributed by atoms with E-state index in [1.54, 1.807) is 5.57 Å². The summed E-state index contributed by atoms with van der Waals surface area (Å²) < 4.78 is 0. The molecule has 164 valence electrons. The zero-order valence-electron chi connectivity index (χ0n) is 20.0. The van der Waals surface area contributed by atoms with Crippen molar-refractivity contribution in [2.75, 3.05) is 0 Å². The highest BCUT2D eigenvalue weighted by atomic mass is 16.3. The van der Waals surface area contributed by atoms with Crippen LogP contribution in [0.15, 0.2) is 23.3 Å². The third kappa shape index (κ3) is 3.58. The molecule has 4 aliphatic carbocycles. The lowest BCUT2D eigenvalue weighted by atomic mass is 9.47. The van der Waals surface area contributed by atoms with E-state index in [0.717, 1.165) is 36.5 Å². The second-order valence-electron chi connectivity index (χ2n) is 12.2. The van der Waals surface area contributed by atoms with Gasteiger partial charge in [-0.2, -0.15) is 0 Å². The summed E-state index contributed by atoms with van der Waals surface area (Å²) in [5.41, 5.74) is 4.38. The lowest BCUT2D eigenvalue weighted by molar-refractivity contribution is -0.0424. The molecule has 0 saturated heterocycles. The van der Waals surface area contributed by atoms with Crippen molar-refractivity contribution in [3.8, 4) is 0 Å². The Labute approximate surface area is 180 Å². The highest BCUT2D eigenvalue weighted by molar-refractivity contribution is 5.27. The topological polar surface area (TPSA) is 20.2 Å². The van der Waals surface area contributed by atoms with Crippen molar-refractivity contribution in [1.82, 2.24) is 0 Å². The Morgan fingerprint density at radius 3 is 2.48 bits per heavy atom. The molecule has 0 heterocycles. The fourth-order valence-corrected chi connectivity index (χ4v) is 8.24. The maximum absolute atomic E-state index is 10.2. The summed E-state index contributed by atoms with van der Waals surface area (Å²) in [5.74, 6) is 4.69. The Balaban J connectivity index is 1.53. The maximum atomic E-state index is 10.2. The van der Waals surface area contributed by atoms with Gasteiger partial charge in [0.1, 0.15) is 0 Å². The van der Waals surface area contributed by atoms with Gasteiger partial charge in [-0.05, 0) is 111 Å². The molecule has 8 atom stereocenters. The van der Waals surface area contributed by atoms with E-state index in [1.165, 1.54) is 44.9 Å². The van der Waals surface area contributed by atoms with E-state index in [4.69, 9.17) is 0 Å². The molecule has 0 aromatic heterocycles. The first-order chi connectivity index (χ1) is 13.7. The Bertz CT molecular complexity index is 672. The van der Waals surface area contributed by atoms with Gasteiger partial charge in [-0.25, -0.2) is 0 Å². The maximum Gasteiger partial charge on any atom is 0.0543 e. The fourth-order valence-electron chi connectivity index (χ4n) is 8.24. The number of allylic oxidation sites excluding steroid dienone is 4. The molecule has 0 bridgehead atoms. The summed E-state index contributed by atoms with van der Waals surface area (Å²) in [5, 5.41) is 10.2. The van der Waals surface area contributed by atoms with E-state index in [9.17, 15) is 5.11 Å².